The van der Waals surface area contributed by atoms with Gasteiger partial charge in [0.15, 0.2) is 0 Å². The minimum absolute atomic E-state index is 0.114. The lowest BCUT2D eigenvalue weighted by molar-refractivity contribution is -0.142. The van der Waals surface area contributed by atoms with Gasteiger partial charge < -0.3 is 15.5 Å². The molecule has 104 valence electrons. The average molecular weight is 283 g/mol. The zero-order chi connectivity index (χ0) is 14.4. The Bertz CT molecular complexity index is 446. The smallest absolute Gasteiger partial charge is 0.326 e. The number of aliphatic carboxylic acids is 1. The Morgan fingerprint density at radius 2 is 1.89 bits per heavy atom. The van der Waals surface area contributed by atoms with Crippen molar-refractivity contribution in [2.75, 3.05) is 5.75 Å². The van der Waals surface area contributed by atoms with E-state index in [-0.39, 0.29) is 24.0 Å². The van der Waals surface area contributed by atoms with E-state index in [1.54, 1.807) is 19.1 Å². The summed E-state index contributed by atoms with van der Waals surface area (Å²) in [6.45, 7) is 1.68. The van der Waals surface area contributed by atoms with E-state index >= 15 is 0 Å². The van der Waals surface area contributed by atoms with Crippen molar-refractivity contribution in [3.05, 3.63) is 29.8 Å². The molecule has 3 N–H and O–H groups in total. The summed E-state index contributed by atoms with van der Waals surface area (Å²) >= 11 is 4.00. The topological polar surface area (TPSA) is 86.6 Å². The maximum Gasteiger partial charge on any atom is 0.326 e. The molecular formula is C13H17NO4S. The molecule has 1 amide bonds. The van der Waals surface area contributed by atoms with Crippen molar-refractivity contribution in [2.24, 2.45) is 5.92 Å². The Morgan fingerprint density at radius 1 is 1.32 bits per heavy atom. The Kier molecular flexibility index (Phi) is 5.69. The minimum Gasteiger partial charge on any atom is -0.508 e. The second-order valence-corrected chi connectivity index (χ2v) is 4.72. The number of phenolic OH excluding ortho intramolecular Hbond substituents is 1. The van der Waals surface area contributed by atoms with Crippen molar-refractivity contribution in [2.45, 2.75) is 19.4 Å². The van der Waals surface area contributed by atoms with Crippen molar-refractivity contribution in [3.8, 4) is 5.75 Å². The van der Waals surface area contributed by atoms with Crippen LogP contribution in [-0.4, -0.2) is 33.9 Å². The molecule has 1 unspecified atom stereocenters. The number of nitrogens with one attached hydrogen (secondary N) is 1. The molecule has 0 saturated heterocycles. The van der Waals surface area contributed by atoms with Gasteiger partial charge in [-0.25, -0.2) is 4.79 Å². The first kappa shape index (κ1) is 15.4. The van der Waals surface area contributed by atoms with Crippen LogP contribution in [0.2, 0.25) is 0 Å². The van der Waals surface area contributed by atoms with Gasteiger partial charge in [-0.15, -0.1) is 0 Å². The SMILES string of the molecule is CC(CS)C(=O)N[C@@H](Cc1ccc(O)cc1)C(=O)O. The highest BCUT2D eigenvalue weighted by Gasteiger charge is 2.22. The van der Waals surface area contributed by atoms with Crippen LogP contribution >= 0.6 is 12.6 Å². The number of carboxylic acids is 1. The normalized spacial score (nSPS) is 13.6. The largest absolute Gasteiger partial charge is 0.508 e. The van der Waals surface area contributed by atoms with Gasteiger partial charge in [0.1, 0.15) is 11.8 Å². The molecule has 0 heterocycles. The fraction of sp³-hybridized carbons (Fsp3) is 0.385. The van der Waals surface area contributed by atoms with E-state index in [1.165, 1.54) is 12.1 Å². The second kappa shape index (κ2) is 7.04. The van der Waals surface area contributed by atoms with Crippen LogP contribution in [-0.2, 0) is 16.0 Å². The van der Waals surface area contributed by atoms with Crippen LogP contribution in [0.4, 0.5) is 0 Å². The summed E-state index contributed by atoms with van der Waals surface area (Å²) in [6, 6.07) is 5.22. The first-order valence-electron chi connectivity index (χ1n) is 5.86. The maximum atomic E-state index is 11.7. The van der Waals surface area contributed by atoms with Gasteiger partial charge in [0.25, 0.3) is 0 Å². The fourth-order valence-electron chi connectivity index (χ4n) is 1.46. The van der Waals surface area contributed by atoms with Crippen molar-refractivity contribution < 1.29 is 19.8 Å². The third kappa shape index (κ3) is 4.82. The van der Waals surface area contributed by atoms with Crippen molar-refractivity contribution in [1.29, 1.82) is 0 Å². The lowest BCUT2D eigenvalue weighted by Gasteiger charge is -2.17. The quantitative estimate of drug-likeness (QED) is 0.588. The molecule has 0 fully saturated rings. The van der Waals surface area contributed by atoms with Crippen LogP contribution in [0.15, 0.2) is 24.3 Å². The van der Waals surface area contributed by atoms with Crippen LogP contribution < -0.4 is 5.32 Å². The van der Waals surface area contributed by atoms with Crippen LogP contribution in [0.5, 0.6) is 5.75 Å². The van der Waals surface area contributed by atoms with Gasteiger partial charge in [0, 0.05) is 18.1 Å². The molecule has 0 bridgehead atoms. The van der Waals surface area contributed by atoms with Gasteiger partial charge in [-0.1, -0.05) is 19.1 Å². The molecule has 0 aliphatic heterocycles. The number of carbonyl (C=O) groups is 2. The van der Waals surface area contributed by atoms with Gasteiger partial charge in [-0.2, -0.15) is 12.6 Å². The van der Waals surface area contributed by atoms with Gasteiger partial charge in [-0.3, -0.25) is 4.79 Å². The Morgan fingerprint density at radius 3 is 2.37 bits per heavy atom. The predicted octanol–water partition coefficient (Wildman–Crippen LogP) is 1.07. The van der Waals surface area contributed by atoms with E-state index in [2.05, 4.69) is 17.9 Å². The van der Waals surface area contributed by atoms with E-state index < -0.39 is 12.0 Å². The highest BCUT2D eigenvalue weighted by Crippen LogP contribution is 2.11. The van der Waals surface area contributed by atoms with E-state index in [0.29, 0.717) is 5.75 Å². The zero-order valence-corrected chi connectivity index (χ0v) is 11.4. The molecule has 0 aliphatic rings. The number of aromatic hydroxyl groups is 1. The average Bonchev–Trinajstić information content (AvgIpc) is 2.39. The molecule has 1 aromatic carbocycles. The molecule has 1 aromatic rings. The molecule has 0 saturated carbocycles. The first-order chi connectivity index (χ1) is 8.93. The van der Waals surface area contributed by atoms with Crippen molar-refractivity contribution >= 4 is 24.5 Å². The molecule has 5 nitrogen and oxygen atoms in total. The number of hydrogen-bond donors (Lipinski definition) is 4. The van der Waals surface area contributed by atoms with E-state index in [4.69, 9.17) is 10.2 Å². The number of thiol groups is 1. The maximum absolute atomic E-state index is 11.7. The highest BCUT2D eigenvalue weighted by molar-refractivity contribution is 7.80. The van der Waals surface area contributed by atoms with E-state index in [1.807, 2.05) is 0 Å². The standard InChI is InChI=1S/C13H17NO4S/c1-8(7-19)12(16)14-11(13(17)18)6-9-2-4-10(15)5-3-9/h2-5,8,11,15,19H,6-7H2,1H3,(H,14,16)(H,17,18)/t8?,11-/m0/s1. The van der Waals surface area contributed by atoms with Crippen LogP contribution in [0.1, 0.15) is 12.5 Å². The summed E-state index contributed by atoms with van der Waals surface area (Å²) in [6.07, 6.45) is 0.167. The van der Waals surface area contributed by atoms with Crippen molar-refractivity contribution in [3.63, 3.8) is 0 Å². The third-order valence-electron chi connectivity index (χ3n) is 2.71. The zero-order valence-electron chi connectivity index (χ0n) is 10.5. The molecule has 0 aliphatic carbocycles. The molecule has 0 aromatic heterocycles. The number of phenols is 1. The van der Waals surface area contributed by atoms with Crippen molar-refractivity contribution in [1.82, 2.24) is 5.32 Å². The van der Waals surface area contributed by atoms with Crippen LogP contribution in [0.3, 0.4) is 0 Å². The number of benzene rings is 1. The summed E-state index contributed by atoms with van der Waals surface area (Å²) in [5.74, 6) is -1.29. The minimum atomic E-state index is -1.09. The van der Waals surface area contributed by atoms with Gasteiger partial charge in [0.2, 0.25) is 5.91 Å². The van der Waals surface area contributed by atoms with Crippen LogP contribution in [0.25, 0.3) is 0 Å². The highest BCUT2D eigenvalue weighted by atomic mass is 32.1. The summed E-state index contributed by atoms with van der Waals surface area (Å²) in [5, 5.41) is 20.7. The monoisotopic (exact) mass is 283 g/mol. The van der Waals surface area contributed by atoms with Crippen LogP contribution in [0, 0.1) is 5.92 Å². The fourth-order valence-corrected chi connectivity index (χ4v) is 1.63. The number of hydrogen-bond acceptors (Lipinski definition) is 4. The molecular weight excluding hydrogens is 266 g/mol. The predicted molar refractivity (Wildman–Crippen MR) is 74.4 cm³/mol. The van der Waals surface area contributed by atoms with Gasteiger partial charge in [0.05, 0.1) is 0 Å². The lowest BCUT2D eigenvalue weighted by Crippen LogP contribution is -2.44. The first-order valence-corrected chi connectivity index (χ1v) is 6.49. The number of amides is 1. The summed E-state index contributed by atoms with van der Waals surface area (Å²) in [4.78, 5) is 22.8. The molecule has 0 spiro atoms. The second-order valence-electron chi connectivity index (χ2n) is 4.35. The molecule has 0 radical (unpaired) electrons. The van der Waals surface area contributed by atoms with Gasteiger partial charge >= 0.3 is 5.97 Å². The molecule has 19 heavy (non-hydrogen) atoms. The number of carboxylic acid groups (broad SMARTS) is 1. The van der Waals surface area contributed by atoms with E-state index in [0.717, 1.165) is 5.56 Å². The molecule has 6 heteroatoms. The van der Waals surface area contributed by atoms with E-state index in [9.17, 15) is 9.59 Å². The lowest BCUT2D eigenvalue weighted by atomic mass is 10.0. The third-order valence-corrected chi connectivity index (χ3v) is 3.26. The van der Waals surface area contributed by atoms with Gasteiger partial charge in [-0.05, 0) is 17.7 Å². The summed E-state index contributed by atoms with van der Waals surface area (Å²) in [5.41, 5.74) is 0.726. The number of carbonyl (C=O) groups excluding carboxylic acids is 1. The summed E-state index contributed by atoms with van der Waals surface area (Å²) in [7, 11) is 0. The Balaban J connectivity index is 2.71. The summed E-state index contributed by atoms with van der Waals surface area (Å²) < 4.78 is 0. The Labute approximate surface area is 117 Å². The Hall–Kier alpha value is -1.69. The molecule has 2 atom stereocenters. The number of rotatable bonds is 6. The molecule has 1 rings (SSSR count).